The maximum atomic E-state index is 12.4. The average Bonchev–Trinajstić information content (AvgIpc) is 3.05. The molecule has 1 aromatic rings. The largest absolute Gasteiger partial charge is 0.488 e. The second-order valence-electron chi connectivity index (χ2n) is 5.59. The Balaban J connectivity index is 2.22. The molecule has 0 radical (unpaired) electrons. The summed E-state index contributed by atoms with van der Waals surface area (Å²) < 4.78 is 5.74. The van der Waals surface area contributed by atoms with Crippen molar-refractivity contribution in [2.24, 2.45) is 5.73 Å². The zero-order chi connectivity index (χ0) is 20.0. The van der Waals surface area contributed by atoms with Gasteiger partial charge in [-0.1, -0.05) is 0 Å². The van der Waals surface area contributed by atoms with Crippen LogP contribution in [0.2, 0.25) is 0 Å². The summed E-state index contributed by atoms with van der Waals surface area (Å²) in [5, 5.41) is 22.3. The van der Waals surface area contributed by atoms with E-state index >= 15 is 0 Å². The molecule has 1 aliphatic rings. The van der Waals surface area contributed by atoms with Crippen molar-refractivity contribution in [1.29, 1.82) is 5.41 Å². The van der Waals surface area contributed by atoms with Crippen molar-refractivity contribution >= 4 is 28.9 Å². The van der Waals surface area contributed by atoms with Crippen LogP contribution in [0.15, 0.2) is 40.8 Å². The van der Waals surface area contributed by atoms with Gasteiger partial charge in [-0.05, 0) is 25.2 Å². The third-order valence-electron chi connectivity index (χ3n) is 3.78. The molecule has 6 N–H and O–H groups in total. The third kappa shape index (κ3) is 5.02. The molecule has 1 heterocycles. The molecule has 0 aliphatic heterocycles. The maximum Gasteiger partial charge on any atom is 0.268 e. The van der Waals surface area contributed by atoms with Crippen LogP contribution in [0.5, 0.6) is 0 Å². The van der Waals surface area contributed by atoms with Gasteiger partial charge in [-0.25, -0.2) is 4.98 Å². The second-order valence-corrected chi connectivity index (χ2v) is 6.53. The van der Waals surface area contributed by atoms with Gasteiger partial charge in [0.15, 0.2) is 0 Å². The highest BCUT2D eigenvalue weighted by Crippen LogP contribution is 2.20. The Hall–Kier alpha value is -2.98. The van der Waals surface area contributed by atoms with Gasteiger partial charge in [0.1, 0.15) is 24.1 Å². The Bertz CT molecular complexity index is 840. The number of carbonyl (C=O) groups is 2. The zero-order valence-corrected chi connectivity index (χ0v) is 15.7. The average molecular weight is 391 g/mol. The number of aliphatic hydroxyl groups excluding tert-OH is 1. The van der Waals surface area contributed by atoms with Crippen LogP contribution in [0, 0.1) is 12.3 Å². The van der Waals surface area contributed by atoms with E-state index in [9.17, 15) is 9.59 Å². The number of thiazole rings is 1. The van der Waals surface area contributed by atoms with Gasteiger partial charge in [-0.2, -0.15) is 0 Å². The SMILES string of the molecule is CN/C(C(=O)N[C@H](CO)C(N)=O)=C1/C=C(OCc2scnc2C)C=CC1=N. The predicted molar refractivity (Wildman–Crippen MR) is 101 cm³/mol. The van der Waals surface area contributed by atoms with Gasteiger partial charge < -0.3 is 31.6 Å². The quantitative estimate of drug-likeness (QED) is 0.390. The van der Waals surface area contributed by atoms with Crippen molar-refractivity contribution in [2.45, 2.75) is 19.6 Å². The molecule has 1 aliphatic carbocycles. The van der Waals surface area contributed by atoms with Crippen molar-refractivity contribution in [3.63, 3.8) is 0 Å². The standard InChI is InChI=1S/C17H21N5O4S/c1-9-14(27-8-21-9)7-26-10-3-4-12(18)11(5-10)15(20-2)17(25)22-13(6-23)16(19)24/h3-5,8,13,18,20,23H,6-7H2,1-2H3,(H2,19,24)(H,22,25)/b15-11-,18-12?/t13-/m1/s1. The van der Waals surface area contributed by atoms with Gasteiger partial charge in [0.05, 0.1) is 28.4 Å². The number of nitrogens with two attached hydrogens (primary N) is 1. The van der Waals surface area contributed by atoms with Crippen LogP contribution in [0.25, 0.3) is 0 Å². The van der Waals surface area contributed by atoms with Crippen LogP contribution in [-0.4, -0.2) is 47.3 Å². The van der Waals surface area contributed by atoms with Gasteiger partial charge in [-0.15, -0.1) is 11.3 Å². The number of carbonyl (C=O) groups excluding carboxylic acids is 2. The smallest absolute Gasteiger partial charge is 0.268 e. The van der Waals surface area contributed by atoms with Crippen LogP contribution >= 0.6 is 11.3 Å². The highest BCUT2D eigenvalue weighted by Gasteiger charge is 2.23. The van der Waals surface area contributed by atoms with Crippen molar-refractivity contribution in [1.82, 2.24) is 15.6 Å². The number of ether oxygens (including phenoxy) is 1. The molecule has 0 saturated heterocycles. The van der Waals surface area contributed by atoms with E-state index in [0.717, 1.165) is 10.6 Å². The number of nitrogens with one attached hydrogen (secondary N) is 3. The first-order chi connectivity index (χ1) is 12.9. The maximum absolute atomic E-state index is 12.4. The topological polar surface area (TPSA) is 150 Å². The molecule has 0 saturated carbocycles. The Morgan fingerprint density at radius 3 is 2.74 bits per heavy atom. The summed E-state index contributed by atoms with van der Waals surface area (Å²) in [7, 11) is 1.51. The van der Waals surface area contributed by atoms with Crippen molar-refractivity contribution in [2.75, 3.05) is 13.7 Å². The molecule has 0 bridgehead atoms. The van der Waals surface area contributed by atoms with E-state index in [-0.39, 0.29) is 17.0 Å². The Morgan fingerprint density at radius 2 is 2.19 bits per heavy atom. The minimum Gasteiger partial charge on any atom is -0.488 e. The van der Waals surface area contributed by atoms with Gasteiger partial charge in [0.2, 0.25) is 5.91 Å². The summed E-state index contributed by atoms with van der Waals surface area (Å²) in [5.41, 5.74) is 8.18. The minimum atomic E-state index is -1.22. The first-order valence-corrected chi connectivity index (χ1v) is 8.88. The number of aromatic nitrogens is 1. The lowest BCUT2D eigenvalue weighted by Gasteiger charge is -2.18. The summed E-state index contributed by atoms with van der Waals surface area (Å²) in [6.07, 6.45) is 4.70. The molecule has 144 valence electrons. The number of aliphatic hydroxyl groups is 1. The molecular weight excluding hydrogens is 370 g/mol. The monoisotopic (exact) mass is 391 g/mol. The summed E-state index contributed by atoms with van der Waals surface area (Å²) in [6.45, 7) is 1.59. The number of rotatable bonds is 8. The number of primary amides is 1. The van der Waals surface area contributed by atoms with Gasteiger partial charge in [0.25, 0.3) is 5.91 Å². The predicted octanol–water partition coefficient (Wildman–Crippen LogP) is -0.123. The number of likely N-dealkylation sites (N-methyl/N-ethyl adjacent to an activating group) is 1. The fourth-order valence-electron chi connectivity index (χ4n) is 2.24. The van der Waals surface area contributed by atoms with Crippen LogP contribution in [0.1, 0.15) is 10.6 Å². The fraction of sp³-hybridized carbons (Fsp3) is 0.294. The highest BCUT2D eigenvalue weighted by molar-refractivity contribution is 7.09. The van der Waals surface area contributed by atoms with Gasteiger partial charge >= 0.3 is 0 Å². The lowest BCUT2D eigenvalue weighted by molar-refractivity contribution is -0.126. The first kappa shape index (κ1) is 20.3. The lowest BCUT2D eigenvalue weighted by atomic mass is 10.0. The van der Waals surface area contributed by atoms with E-state index in [1.165, 1.54) is 24.5 Å². The van der Waals surface area contributed by atoms with Crippen LogP contribution in [0.3, 0.4) is 0 Å². The molecule has 2 rings (SSSR count). The first-order valence-electron chi connectivity index (χ1n) is 8.00. The van der Waals surface area contributed by atoms with Crippen molar-refractivity contribution in [3.8, 4) is 0 Å². The van der Waals surface area contributed by atoms with E-state index in [0.29, 0.717) is 12.4 Å². The molecule has 27 heavy (non-hydrogen) atoms. The second kappa shape index (κ2) is 9.10. The molecule has 2 amide bonds. The molecule has 0 unspecified atom stereocenters. The molecule has 1 aromatic heterocycles. The molecule has 0 spiro atoms. The molecule has 0 aromatic carbocycles. The van der Waals surface area contributed by atoms with Crippen LogP contribution in [-0.2, 0) is 20.9 Å². The van der Waals surface area contributed by atoms with Crippen molar-refractivity contribution < 1.29 is 19.4 Å². The van der Waals surface area contributed by atoms with E-state index in [1.54, 1.807) is 17.7 Å². The number of amides is 2. The molecule has 10 heteroatoms. The zero-order valence-electron chi connectivity index (χ0n) is 14.9. The molecule has 1 atom stereocenters. The minimum absolute atomic E-state index is 0.0547. The normalized spacial score (nSPS) is 16.4. The molecular formula is C17H21N5O4S. The summed E-state index contributed by atoms with van der Waals surface area (Å²) >= 11 is 1.48. The van der Waals surface area contributed by atoms with Gasteiger partial charge in [0, 0.05) is 12.6 Å². The van der Waals surface area contributed by atoms with Gasteiger partial charge in [-0.3, -0.25) is 9.59 Å². The lowest BCUT2D eigenvalue weighted by Crippen LogP contribution is -2.48. The van der Waals surface area contributed by atoms with E-state index in [4.69, 9.17) is 21.0 Å². The third-order valence-corrected chi connectivity index (χ3v) is 4.69. The van der Waals surface area contributed by atoms with Crippen molar-refractivity contribution in [3.05, 3.63) is 51.3 Å². The number of hydrogen-bond acceptors (Lipinski definition) is 8. The Morgan fingerprint density at radius 1 is 1.44 bits per heavy atom. The summed E-state index contributed by atoms with van der Waals surface area (Å²) in [6, 6.07) is -1.22. The van der Waals surface area contributed by atoms with Crippen LogP contribution in [0.4, 0.5) is 0 Å². The fourth-order valence-corrected chi connectivity index (χ4v) is 2.93. The van der Waals surface area contributed by atoms with E-state index < -0.39 is 24.5 Å². The number of hydrogen-bond donors (Lipinski definition) is 5. The van der Waals surface area contributed by atoms with E-state index in [2.05, 4.69) is 15.6 Å². The van der Waals surface area contributed by atoms with E-state index in [1.807, 2.05) is 6.92 Å². The Labute approximate surface area is 160 Å². The number of allylic oxidation sites excluding steroid dienone is 4. The number of nitrogens with zero attached hydrogens (tertiary/aromatic N) is 1. The molecule has 0 fully saturated rings. The molecule has 9 nitrogen and oxygen atoms in total. The number of aryl methyl sites for hydroxylation is 1. The van der Waals surface area contributed by atoms with Crippen LogP contribution < -0.4 is 16.4 Å². The summed E-state index contributed by atoms with van der Waals surface area (Å²) in [5.74, 6) is -1.05. The highest BCUT2D eigenvalue weighted by atomic mass is 32.1. The Kier molecular flexibility index (Phi) is 6.85. The summed E-state index contributed by atoms with van der Waals surface area (Å²) in [4.78, 5) is 28.8.